The lowest BCUT2D eigenvalue weighted by Gasteiger charge is -2.17. The fourth-order valence-corrected chi connectivity index (χ4v) is 0.826. The molecule has 0 aliphatic rings. The van der Waals surface area contributed by atoms with E-state index in [9.17, 15) is 0 Å². The summed E-state index contributed by atoms with van der Waals surface area (Å²) in [6.45, 7) is 4.78. The van der Waals surface area contributed by atoms with Gasteiger partial charge in [-0.3, -0.25) is 0 Å². The largest absolute Gasteiger partial charge is 0.395 e. The van der Waals surface area contributed by atoms with Gasteiger partial charge in [-0.1, -0.05) is 13.8 Å². The minimum Gasteiger partial charge on any atom is -0.395 e. The fraction of sp³-hybridized carbons (Fsp3) is 1.00. The van der Waals surface area contributed by atoms with Crippen LogP contribution in [0.5, 0.6) is 0 Å². The van der Waals surface area contributed by atoms with E-state index >= 15 is 0 Å². The van der Waals surface area contributed by atoms with Gasteiger partial charge in [0.15, 0.2) is 0 Å². The molecule has 3 nitrogen and oxygen atoms in total. The van der Waals surface area contributed by atoms with Crippen LogP contribution in [0.15, 0.2) is 0 Å². The number of hydrogen-bond acceptors (Lipinski definition) is 3. The maximum atomic E-state index is 8.76. The van der Waals surface area contributed by atoms with Gasteiger partial charge in [0, 0.05) is 13.2 Å². The molecular formula is C7H17NO2. The van der Waals surface area contributed by atoms with E-state index < -0.39 is 0 Å². The number of hydrogen-bond donors (Lipinski definition) is 2. The van der Waals surface area contributed by atoms with Crippen molar-refractivity contribution >= 4 is 0 Å². The van der Waals surface area contributed by atoms with Crippen molar-refractivity contribution in [3.8, 4) is 0 Å². The van der Waals surface area contributed by atoms with E-state index in [4.69, 9.17) is 9.84 Å². The quantitative estimate of drug-likeness (QED) is 0.575. The molecule has 62 valence electrons. The van der Waals surface area contributed by atoms with Crippen LogP contribution in [0.4, 0.5) is 0 Å². The zero-order valence-corrected chi connectivity index (χ0v) is 6.92. The second-order valence-corrected chi connectivity index (χ2v) is 2.66. The zero-order valence-electron chi connectivity index (χ0n) is 6.92. The molecule has 0 saturated carbocycles. The van der Waals surface area contributed by atoms with E-state index in [0.717, 1.165) is 0 Å². The van der Waals surface area contributed by atoms with E-state index in [1.54, 1.807) is 7.11 Å². The number of aliphatic hydroxyl groups is 1. The van der Waals surface area contributed by atoms with Gasteiger partial charge in [0.1, 0.15) is 0 Å². The van der Waals surface area contributed by atoms with Crippen molar-refractivity contribution in [2.45, 2.75) is 25.9 Å². The summed E-state index contributed by atoms with van der Waals surface area (Å²) in [5.74, 6) is 0. The predicted octanol–water partition coefficient (Wildman–Crippen LogP) is -0.00830. The van der Waals surface area contributed by atoms with Crippen LogP contribution in [-0.2, 0) is 4.74 Å². The highest BCUT2D eigenvalue weighted by atomic mass is 16.5. The maximum absolute atomic E-state index is 8.76. The van der Waals surface area contributed by atoms with E-state index in [1.807, 2.05) is 13.8 Å². The summed E-state index contributed by atoms with van der Waals surface area (Å²) in [6, 6.07) is 0.470. The molecule has 0 aromatic rings. The van der Waals surface area contributed by atoms with Crippen LogP contribution in [0.3, 0.4) is 0 Å². The minimum absolute atomic E-state index is 0.0741. The van der Waals surface area contributed by atoms with Gasteiger partial charge in [0.05, 0.1) is 19.3 Å². The van der Waals surface area contributed by atoms with Crippen molar-refractivity contribution in [1.29, 1.82) is 0 Å². The number of ether oxygens (including phenoxy) is 1. The average Bonchev–Trinajstić information content (AvgIpc) is 1.86. The molecule has 0 unspecified atom stereocenters. The van der Waals surface area contributed by atoms with Crippen molar-refractivity contribution in [1.82, 2.24) is 5.32 Å². The first-order chi connectivity index (χ1) is 4.70. The van der Waals surface area contributed by atoms with Crippen molar-refractivity contribution < 1.29 is 9.84 Å². The Balaban J connectivity index is 3.39. The SMILES string of the molecule is COC[C@H](CO)NC(C)C. The van der Waals surface area contributed by atoms with Crippen molar-refractivity contribution in [2.75, 3.05) is 20.3 Å². The van der Waals surface area contributed by atoms with Gasteiger partial charge in [0.2, 0.25) is 0 Å². The lowest BCUT2D eigenvalue weighted by molar-refractivity contribution is 0.124. The molecule has 2 N–H and O–H groups in total. The van der Waals surface area contributed by atoms with Gasteiger partial charge in [-0.05, 0) is 0 Å². The van der Waals surface area contributed by atoms with E-state index in [-0.39, 0.29) is 12.6 Å². The molecule has 0 aromatic carbocycles. The Morgan fingerprint density at radius 3 is 2.40 bits per heavy atom. The Morgan fingerprint density at radius 2 is 2.10 bits per heavy atom. The van der Waals surface area contributed by atoms with Gasteiger partial charge in [-0.25, -0.2) is 0 Å². The molecule has 0 aliphatic carbocycles. The van der Waals surface area contributed by atoms with Gasteiger partial charge in [-0.2, -0.15) is 0 Å². The maximum Gasteiger partial charge on any atom is 0.0638 e. The molecule has 0 spiro atoms. The van der Waals surface area contributed by atoms with E-state index in [1.165, 1.54) is 0 Å². The first kappa shape index (κ1) is 9.88. The van der Waals surface area contributed by atoms with Crippen LogP contribution in [-0.4, -0.2) is 37.5 Å². The molecule has 0 fully saturated rings. The molecule has 0 bridgehead atoms. The van der Waals surface area contributed by atoms with Crippen LogP contribution >= 0.6 is 0 Å². The van der Waals surface area contributed by atoms with Crippen LogP contribution in [0.2, 0.25) is 0 Å². The molecule has 0 heterocycles. The third-order valence-electron chi connectivity index (χ3n) is 1.16. The summed E-state index contributed by atoms with van der Waals surface area (Å²) >= 11 is 0. The van der Waals surface area contributed by atoms with Crippen LogP contribution in [0.1, 0.15) is 13.8 Å². The number of rotatable bonds is 5. The fourth-order valence-electron chi connectivity index (χ4n) is 0.826. The van der Waals surface area contributed by atoms with Crippen LogP contribution in [0.25, 0.3) is 0 Å². The average molecular weight is 147 g/mol. The van der Waals surface area contributed by atoms with E-state index in [0.29, 0.717) is 12.6 Å². The summed E-state index contributed by atoms with van der Waals surface area (Å²) in [7, 11) is 1.63. The molecule has 0 radical (unpaired) electrons. The number of aliphatic hydroxyl groups excluding tert-OH is 1. The van der Waals surface area contributed by atoms with Gasteiger partial charge >= 0.3 is 0 Å². The molecule has 0 aliphatic heterocycles. The Bertz CT molecular complexity index is 76.0. The predicted molar refractivity (Wildman–Crippen MR) is 41.0 cm³/mol. The third-order valence-corrected chi connectivity index (χ3v) is 1.16. The molecular weight excluding hydrogens is 130 g/mol. The lowest BCUT2D eigenvalue weighted by Crippen LogP contribution is -2.40. The summed E-state index contributed by atoms with van der Waals surface area (Å²) < 4.78 is 4.87. The Hall–Kier alpha value is -0.120. The summed E-state index contributed by atoms with van der Waals surface area (Å²) in [6.07, 6.45) is 0. The van der Waals surface area contributed by atoms with Gasteiger partial charge in [0.25, 0.3) is 0 Å². The van der Waals surface area contributed by atoms with Gasteiger partial charge < -0.3 is 15.2 Å². The molecule has 1 atom stereocenters. The van der Waals surface area contributed by atoms with Crippen LogP contribution < -0.4 is 5.32 Å². The summed E-state index contributed by atoms with van der Waals surface area (Å²) in [5, 5.41) is 11.9. The second-order valence-electron chi connectivity index (χ2n) is 2.66. The minimum atomic E-state index is 0.0741. The highest BCUT2D eigenvalue weighted by Crippen LogP contribution is 1.86. The molecule has 0 amide bonds. The van der Waals surface area contributed by atoms with Crippen LogP contribution in [0, 0.1) is 0 Å². The molecule has 0 saturated heterocycles. The van der Waals surface area contributed by atoms with E-state index in [2.05, 4.69) is 5.32 Å². The monoisotopic (exact) mass is 147 g/mol. The van der Waals surface area contributed by atoms with Crippen molar-refractivity contribution in [2.24, 2.45) is 0 Å². The lowest BCUT2D eigenvalue weighted by atomic mass is 10.3. The Morgan fingerprint density at radius 1 is 1.50 bits per heavy atom. The highest BCUT2D eigenvalue weighted by Gasteiger charge is 2.06. The first-order valence-electron chi connectivity index (χ1n) is 3.56. The number of methoxy groups -OCH3 is 1. The first-order valence-corrected chi connectivity index (χ1v) is 3.56. The molecule has 0 rings (SSSR count). The normalized spacial score (nSPS) is 14.1. The summed E-state index contributed by atoms with van der Waals surface area (Å²) in [5.41, 5.74) is 0. The third kappa shape index (κ3) is 4.73. The standard InChI is InChI=1S/C7H17NO2/c1-6(2)8-7(4-9)5-10-3/h6-9H,4-5H2,1-3H3/t7-/m0/s1. The second kappa shape index (κ2) is 5.65. The summed E-state index contributed by atoms with van der Waals surface area (Å²) in [4.78, 5) is 0. The smallest absolute Gasteiger partial charge is 0.0638 e. The van der Waals surface area contributed by atoms with Gasteiger partial charge in [-0.15, -0.1) is 0 Å². The molecule has 0 aromatic heterocycles. The Kier molecular flexibility index (Phi) is 5.58. The Labute approximate surface area is 62.4 Å². The molecule has 10 heavy (non-hydrogen) atoms. The topological polar surface area (TPSA) is 41.5 Å². The van der Waals surface area contributed by atoms with Crippen molar-refractivity contribution in [3.63, 3.8) is 0 Å². The number of nitrogens with one attached hydrogen (secondary N) is 1. The van der Waals surface area contributed by atoms with Crippen molar-refractivity contribution in [3.05, 3.63) is 0 Å². The molecule has 3 heteroatoms. The highest BCUT2D eigenvalue weighted by molar-refractivity contribution is 4.66. The zero-order chi connectivity index (χ0) is 7.98.